The average molecular weight is 451 g/mol. The number of carbonyl (C=O) groups excluding carboxylic acids is 2. The zero-order valence-electron chi connectivity index (χ0n) is 18.4. The first-order valence-electron chi connectivity index (χ1n) is 10.5. The van der Waals surface area contributed by atoms with Crippen molar-refractivity contribution in [3.05, 3.63) is 82.0 Å². The van der Waals surface area contributed by atoms with Crippen LogP contribution in [0.3, 0.4) is 0 Å². The van der Waals surface area contributed by atoms with Gasteiger partial charge < -0.3 is 14.7 Å². The van der Waals surface area contributed by atoms with Crippen molar-refractivity contribution >= 4 is 40.4 Å². The van der Waals surface area contributed by atoms with E-state index in [-0.39, 0.29) is 23.0 Å². The number of nitrogens with zero attached hydrogens (tertiary/aromatic N) is 2. The van der Waals surface area contributed by atoms with Crippen molar-refractivity contribution in [2.75, 3.05) is 24.6 Å². The average Bonchev–Trinajstić information content (AvgIpc) is 3.11. The molecule has 3 rings (SSSR count). The molecule has 1 aliphatic heterocycles. The molecule has 32 heavy (non-hydrogen) atoms. The van der Waals surface area contributed by atoms with Crippen LogP contribution in [0.4, 0.5) is 5.69 Å². The van der Waals surface area contributed by atoms with Crippen molar-refractivity contribution in [3.63, 3.8) is 0 Å². The molecule has 0 aromatic heterocycles. The molecule has 0 atom stereocenters. The molecule has 0 unspecified atom stereocenters. The standard InChI is InChI=1S/C25H26N2O4S/c1-4-27(5-2)19-14-12-17(13-15-19)16-20-22(28)21(25(30)31-6-3)24(32-20)26-23(29)18-10-8-7-9-11-18/h7-16,28H,4-6H2,1-3H3. The highest BCUT2D eigenvalue weighted by Crippen LogP contribution is 2.39. The molecule has 0 aliphatic carbocycles. The third-order valence-electron chi connectivity index (χ3n) is 4.91. The predicted octanol–water partition coefficient (Wildman–Crippen LogP) is 5.23. The second-order valence-electron chi connectivity index (χ2n) is 6.91. The fourth-order valence-electron chi connectivity index (χ4n) is 3.25. The van der Waals surface area contributed by atoms with E-state index in [2.05, 4.69) is 23.7 Å². The van der Waals surface area contributed by atoms with Crippen molar-refractivity contribution in [1.29, 1.82) is 0 Å². The maximum absolute atomic E-state index is 12.6. The lowest BCUT2D eigenvalue weighted by molar-refractivity contribution is -0.138. The topological polar surface area (TPSA) is 79.2 Å². The number of aliphatic hydroxyl groups excluding tert-OH is 1. The van der Waals surface area contributed by atoms with E-state index in [4.69, 9.17) is 4.74 Å². The van der Waals surface area contributed by atoms with Gasteiger partial charge >= 0.3 is 5.97 Å². The second kappa shape index (κ2) is 10.8. The van der Waals surface area contributed by atoms with Crippen molar-refractivity contribution < 1.29 is 19.4 Å². The third kappa shape index (κ3) is 5.29. The molecule has 1 amide bonds. The summed E-state index contributed by atoms with van der Waals surface area (Å²) in [5.41, 5.74) is 2.27. The molecule has 7 heteroatoms. The third-order valence-corrected chi connectivity index (χ3v) is 5.93. The number of hydrogen-bond donors (Lipinski definition) is 1. The largest absolute Gasteiger partial charge is 0.506 e. The molecule has 0 saturated heterocycles. The van der Waals surface area contributed by atoms with Crippen molar-refractivity contribution in [2.45, 2.75) is 20.8 Å². The Labute approximate surface area is 192 Å². The number of thioether (sulfide) groups is 1. The molecule has 0 spiro atoms. The molecular weight excluding hydrogens is 424 g/mol. The summed E-state index contributed by atoms with van der Waals surface area (Å²) in [7, 11) is 0. The molecule has 0 fully saturated rings. The number of hydrogen-bond acceptors (Lipinski definition) is 6. The van der Waals surface area contributed by atoms with E-state index < -0.39 is 11.9 Å². The number of anilines is 1. The van der Waals surface area contributed by atoms with Gasteiger partial charge in [-0.2, -0.15) is 0 Å². The summed E-state index contributed by atoms with van der Waals surface area (Å²) < 4.78 is 5.08. The Morgan fingerprint density at radius 3 is 2.28 bits per heavy atom. The lowest BCUT2D eigenvalue weighted by atomic mass is 10.1. The maximum Gasteiger partial charge on any atom is 0.344 e. The Balaban J connectivity index is 1.94. The van der Waals surface area contributed by atoms with Crippen LogP contribution in [0.25, 0.3) is 6.08 Å². The fraction of sp³-hybridized carbons (Fsp3) is 0.240. The minimum atomic E-state index is -0.711. The zero-order chi connectivity index (χ0) is 23.1. The molecular formula is C25H26N2O4S. The minimum absolute atomic E-state index is 0.0906. The summed E-state index contributed by atoms with van der Waals surface area (Å²) in [6.45, 7) is 7.85. The number of rotatable bonds is 7. The first kappa shape index (κ1) is 23.3. The Hall–Kier alpha value is -3.32. The Bertz CT molecular complexity index is 1070. The highest BCUT2D eigenvalue weighted by molar-refractivity contribution is 8.18. The molecule has 1 N–H and O–H groups in total. The van der Waals surface area contributed by atoms with Gasteiger partial charge in [0.1, 0.15) is 16.4 Å². The number of aliphatic hydroxyl groups is 1. The van der Waals surface area contributed by atoms with E-state index in [1.54, 1.807) is 43.3 Å². The Morgan fingerprint density at radius 2 is 1.69 bits per heavy atom. The van der Waals surface area contributed by atoms with Gasteiger partial charge in [0.2, 0.25) is 0 Å². The summed E-state index contributed by atoms with van der Waals surface area (Å²) in [6, 6.07) is 16.5. The lowest BCUT2D eigenvalue weighted by Gasteiger charge is -2.20. The van der Waals surface area contributed by atoms with Crippen LogP contribution in [0, 0.1) is 0 Å². The van der Waals surface area contributed by atoms with Gasteiger partial charge in [-0.1, -0.05) is 42.1 Å². The van der Waals surface area contributed by atoms with Gasteiger partial charge in [-0.25, -0.2) is 9.79 Å². The number of amides is 1. The van der Waals surface area contributed by atoms with Gasteiger partial charge in [0.05, 0.1) is 11.5 Å². The molecule has 1 aliphatic rings. The van der Waals surface area contributed by atoms with E-state index in [1.165, 1.54) is 0 Å². The summed E-state index contributed by atoms with van der Waals surface area (Å²) >= 11 is 1.07. The predicted molar refractivity (Wildman–Crippen MR) is 130 cm³/mol. The molecule has 2 aromatic rings. The Morgan fingerprint density at radius 1 is 1.03 bits per heavy atom. The van der Waals surface area contributed by atoms with E-state index in [0.29, 0.717) is 10.5 Å². The van der Waals surface area contributed by atoms with E-state index in [0.717, 1.165) is 36.1 Å². The van der Waals surface area contributed by atoms with Gasteiger partial charge in [-0.3, -0.25) is 4.79 Å². The normalized spacial score (nSPS) is 16.0. The molecule has 0 radical (unpaired) electrons. The lowest BCUT2D eigenvalue weighted by Crippen LogP contribution is -2.21. The quantitative estimate of drug-likeness (QED) is 0.582. The summed E-state index contributed by atoms with van der Waals surface area (Å²) in [5, 5.41) is 10.9. The van der Waals surface area contributed by atoms with Crippen LogP contribution in [0.15, 0.2) is 75.8 Å². The number of ether oxygens (including phenoxy) is 1. The first-order valence-corrected chi connectivity index (χ1v) is 11.3. The van der Waals surface area contributed by atoms with Gasteiger partial charge in [-0.15, -0.1) is 0 Å². The smallest absolute Gasteiger partial charge is 0.344 e. The van der Waals surface area contributed by atoms with Crippen molar-refractivity contribution in [2.24, 2.45) is 4.99 Å². The van der Waals surface area contributed by atoms with Gasteiger partial charge in [-0.05, 0) is 56.7 Å². The van der Waals surface area contributed by atoms with E-state index in [9.17, 15) is 14.7 Å². The van der Waals surface area contributed by atoms with E-state index in [1.807, 2.05) is 24.3 Å². The summed E-state index contributed by atoms with van der Waals surface area (Å²) in [6.07, 6.45) is 1.76. The maximum atomic E-state index is 12.6. The van der Waals surface area contributed by atoms with Crippen LogP contribution >= 0.6 is 11.8 Å². The first-order chi connectivity index (χ1) is 15.5. The molecule has 6 nitrogen and oxygen atoms in total. The molecule has 166 valence electrons. The van der Waals surface area contributed by atoms with Crippen LogP contribution in [-0.4, -0.2) is 41.7 Å². The zero-order valence-corrected chi connectivity index (χ0v) is 19.2. The number of benzene rings is 2. The monoisotopic (exact) mass is 450 g/mol. The van der Waals surface area contributed by atoms with Crippen LogP contribution in [0.2, 0.25) is 0 Å². The number of aliphatic imine (C=N–C) groups is 1. The molecule has 0 bridgehead atoms. The highest BCUT2D eigenvalue weighted by atomic mass is 32.2. The second-order valence-corrected chi connectivity index (χ2v) is 7.94. The number of esters is 1. The molecule has 0 saturated carbocycles. The minimum Gasteiger partial charge on any atom is -0.506 e. The van der Waals surface area contributed by atoms with Crippen LogP contribution < -0.4 is 4.90 Å². The van der Waals surface area contributed by atoms with Crippen molar-refractivity contribution in [1.82, 2.24) is 0 Å². The van der Waals surface area contributed by atoms with Gasteiger partial charge in [0.15, 0.2) is 0 Å². The summed E-state index contributed by atoms with van der Waals surface area (Å²) in [5.74, 6) is -1.44. The van der Waals surface area contributed by atoms with Crippen molar-refractivity contribution in [3.8, 4) is 0 Å². The van der Waals surface area contributed by atoms with Crippen LogP contribution in [0.5, 0.6) is 0 Å². The number of carbonyl (C=O) groups is 2. The van der Waals surface area contributed by atoms with Gasteiger partial charge in [0, 0.05) is 24.3 Å². The van der Waals surface area contributed by atoms with Crippen LogP contribution in [-0.2, 0) is 9.53 Å². The van der Waals surface area contributed by atoms with Gasteiger partial charge in [0.25, 0.3) is 5.91 Å². The SMILES string of the molecule is CCOC(=O)C1=C(O)C(=Cc2ccc(N(CC)CC)cc2)SC1=NC(=O)c1ccccc1. The molecule has 2 aromatic carbocycles. The highest BCUT2D eigenvalue weighted by Gasteiger charge is 2.33. The summed E-state index contributed by atoms with van der Waals surface area (Å²) in [4.78, 5) is 31.8. The van der Waals surface area contributed by atoms with Crippen LogP contribution in [0.1, 0.15) is 36.7 Å². The van der Waals surface area contributed by atoms with E-state index >= 15 is 0 Å². The molecule has 1 heterocycles. The fourth-order valence-corrected chi connectivity index (χ4v) is 4.26. The Kier molecular flexibility index (Phi) is 7.89.